The van der Waals surface area contributed by atoms with Gasteiger partial charge in [0.05, 0.1) is 5.41 Å². The second-order valence-electron chi connectivity index (χ2n) is 5.35. The van der Waals surface area contributed by atoms with Gasteiger partial charge in [0.15, 0.2) is 0 Å². The van der Waals surface area contributed by atoms with E-state index in [4.69, 9.17) is 10.5 Å². The van der Waals surface area contributed by atoms with E-state index in [1.807, 2.05) is 58.0 Å². The van der Waals surface area contributed by atoms with Gasteiger partial charge in [-0.25, -0.2) is 0 Å². The summed E-state index contributed by atoms with van der Waals surface area (Å²) in [5.74, 6) is -0.233. The van der Waals surface area contributed by atoms with Gasteiger partial charge in [0.25, 0.3) is 0 Å². The van der Waals surface area contributed by atoms with Crippen LogP contribution in [0.4, 0.5) is 0 Å². The average Bonchev–Trinajstić information content (AvgIpc) is 2.25. The van der Waals surface area contributed by atoms with E-state index in [1.165, 1.54) is 0 Å². The molecule has 0 aliphatic rings. The molecule has 3 heteroatoms. The molecule has 2 atom stereocenters. The molecule has 0 aliphatic heterocycles. The lowest BCUT2D eigenvalue weighted by Crippen LogP contribution is -2.33. The number of carbonyl (C=O) groups is 1. The zero-order valence-electron chi connectivity index (χ0n) is 10.9. The van der Waals surface area contributed by atoms with Crippen molar-refractivity contribution in [1.82, 2.24) is 0 Å². The quantitative estimate of drug-likeness (QED) is 0.819. The molecule has 0 bridgehead atoms. The highest BCUT2D eigenvalue weighted by atomic mass is 16.5. The first-order valence-electron chi connectivity index (χ1n) is 5.84. The van der Waals surface area contributed by atoms with E-state index in [0.29, 0.717) is 0 Å². The maximum absolute atomic E-state index is 11.9. The normalized spacial score (nSPS) is 15.1. The molecule has 0 saturated heterocycles. The lowest BCUT2D eigenvalue weighted by atomic mass is 9.96. The fraction of sp³-hybridized carbons (Fsp3) is 0.500. The minimum Gasteiger partial charge on any atom is -0.455 e. The van der Waals surface area contributed by atoms with Crippen molar-refractivity contribution in [2.24, 2.45) is 11.1 Å². The van der Waals surface area contributed by atoms with Gasteiger partial charge in [0.1, 0.15) is 6.10 Å². The van der Waals surface area contributed by atoms with E-state index in [1.54, 1.807) is 0 Å². The molecular weight excluding hydrogens is 214 g/mol. The van der Waals surface area contributed by atoms with Crippen LogP contribution < -0.4 is 5.73 Å². The number of hydrogen-bond donors (Lipinski definition) is 1. The van der Waals surface area contributed by atoms with Crippen molar-refractivity contribution in [2.75, 3.05) is 0 Å². The molecule has 0 saturated carbocycles. The average molecular weight is 235 g/mol. The van der Waals surface area contributed by atoms with E-state index in [0.717, 1.165) is 5.56 Å². The lowest BCUT2D eigenvalue weighted by Gasteiger charge is -2.26. The predicted molar refractivity (Wildman–Crippen MR) is 68.4 cm³/mol. The van der Waals surface area contributed by atoms with Gasteiger partial charge in [-0.2, -0.15) is 0 Å². The fourth-order valence-electron chi connectivity index (χ4n) is 1.41. The molecular formula is C14H21NO2. The summed E-state index contributed by atoms with van der Waals surface area (Å²) in [6, 6.07) is 9.36. The van der Waals surface area contributed by atoms with E-state index in [2.05, 4.69) is 0 Å². The zero-order chi connectivity index (χ0) is 13.1. The number of esters is 1. The summed E-state index contributed by atoms with van der Waals surface area (Å²) in [6.07, 6.45) is -0.386. The molecule has 2 N–H and O–H groups in total. The number of ether oxygens (including phenoxy) is 1. The van der Waals surface area contributed by atoms with Gasteiger partial charge in [-0.05, 0) is 33.3 Å². The first kappa shape index (κ1) is 13.7. The Hall–Kier alpha value is -1.35. The van der Waals surface area contributed by atoms with E-state index >= 15 is 0 Å². The zero-order valence-corrected chi connectivity index (χ0v) is 10.9. The number of rotatable bonds is 3. The van der Waals surface area contributed by atoms with Gasteiger partial charge >= 0.3 is 5.97 Å². The van der Waals surface area contributed by atoms with Crippen molar-refractivity contribution < 1.29 is 9.53 Å². The summed E-state index contributed by atoms with van der Waals surface area (Å²) in [5.41, 5.74) is 6.30. The van der Waals surface area contributed by atoms with Gasteiger partial charge in [-0.3, -0.25) is 4.79 Å². The third-order valence-electron chi connectivity index (χ3n) is 2.45. The monoisotopic (exact) mass is 235 g/mol. The highest BCUT2D eigenvalue weighted by Crippen LogP contribution is 2.25. The van der Waals surface area contributed by atoms with Crippen LogP contribution in [0.2, 0.25) is 0 Å². The topological polar surface area (TPSA) is 52.3 Å². The van der Waals surface area contributed by atoms with Gasteiger partial charge in [0, 0.05) is 6.04 Å². The second kappa shape index (κ2) is 5.32. The Morgan fingerprint density at radius 2 is 1.76 bits per heavy atom. The van der Waals surface area contributed by atoms with Crippen LogP contribution in [0, 0.1) is 5.41 Å². The highest BCUT2D eigenvalue weighted by molar-refractivity contribution is 5.75. The van der Waals surface area contributed by atoms with E-state index in [9.17, 15) is 4.79 Å². The molecule has 94 valence electrons. The van der Waals surface area contributed by atoms with Crippen LogP contribution >= 0.6 is 0 Å². The van der Waals surface area contributed by atoms with Crippen molar-refractivity contribution in [3.05, 3.63) is 35.9 Å². The van der Waals surface area contributed by atoms with Gasteiger partial charge in [0.2, 0.25) is 0 Å². The molecule has 0 aromatic heterocycles. The summed E-state index contributed by atoms with van der Waals surface area (Å²) < 4.78 is 5.50. The maximum Gasteiger partial charge on any atom is 0.311 e. The van der Waals surface area contributed by atoms with E-state index in [-0.39, 0.29) is 18.1 Å². The fourth-order valence-corrected chi connectivity index (χ4v) is 1.41. The SMILES string of the molecule is CC(N)C(OC(=O)C(C)(C)C)c1ccccc1. The predicted octanol–water partition coefficient (Wildman–Crippen LogP) is 2.66. The van der Waals surface area contributed by atoms with E-state index < -0.39 is 5.41 Å². The Bertz CT molecular complexity index is 366. The number of hydrogen-bond acceptors (Lipinski definition) is 3. The first-order chi connectivity index (χ1) is 7.82. The molecule has 2 unspecified atom stereocenters. The Morgan fingerprint density at radius 3 is 2.18 bits per heavy atom. The van der Waals surface area contributed by atoms with Crippen LogP contribution in [0.15, 0.2) is 30.3 Å². The van der Waals surface area contributed by atoms with Crippen LogP contribution in [-0.4, -0.2) is 12.0 Å². The maximum atomic E-state index is 11.9. The first-order valence-corrected chi connectivity index (χ1v) is 5.84. The molecule has 1 rings (SSSR count). The molecule has 0 amide bonds. The molecule has 0 fully saturated rings. The van der Waals surface area contributed by atoms with Crippen LogP contribution in [0.5, 0.6) is 0 Å². The molecule has 1 aromatic carbocycles. The van der Waals surface area contributed by atoms with Crippen molar-refractivity contribution >= 4 is 5.97 Å². The molecule has 17 heavy (non-hydrogen) atoms. The summed E-state index contributed by atoms with van der Waals surface area (Å²) in [7, 11) is 0. The van der Waals surface area contributed by atoms with Crippen LogP contribution in [0.1, 0.15) is 39.4 Å². The largest absolute Gasteiger partial charge is 0.455 e. The van der Waals surface area contributed by atoms with Crippen molar-refractivity contribution in [1.29, 1.82) is 0 Å². The van der Waals surface area contributed by atoms with Gasteiger partial charge in [-0.1, -0.05) is 30.3 Å². The van der Waals surface area contributed by atoms with Crippen molar-refractivity contribution in [3.8, 4) is 0 Å². The highest BCUT2D eigenvalue weighted by Gasteiger charge is 2.28. The molecule has 0 heterocycles. The molecule has 3 nitrogen and oxygen atoms in total. The minimum absolute atomic E-state index is 0.233. The summed E-state index contributed by atoms with van der Waals surface area (Å²) >= 11 is 0. The number of benzene rings is 1. The van der Waals surface area contributed by atoms with Crippen molar-refractivity contribution in [2.45, 2.75) is 39.8 Å². The Balaban J connectivity index is 2.86. The Kier molecular flexibility index (Phi) is 4.29. The number of nitrogens with two attached hydrogens (primary N) is 1. The molecule has 1 aromatic rings. The standard InChI is InChI=1S/C14H21NO2/c1-10(15)12(11-8-6-5-7-9-11)17-13(16)14(2,3)4/h5-10,12H,15H2,1-4H3. The third kappa shape index (κ3) is 3.86. The molecule has 0 spiro atoms. The van der Waals surface area contributed by atoms with Crippen molar-refractivity contribution in [3.63, 3.8) is 0 Å². The van der Waals surface area contributed by atoms with Crippen LogP contribution in [0.3, 0.4) is 0 Å². The smallest absolute Gasteiger partial charge is 0.311 e. The number of carbonyl (C=O) groups excluding carboxylic acids is 1. The van der Waals surface area contributed by atoms with Crippen LogP contribution in [-0.2, 0) is 9.53 Å². The Labute approximate surface area is 103 Å². The van der Waals surface area contributed by atoms with Gasteiger partial charge < -0.3 is 10.5 Å². The lowest BCUT2D eigenvalue weighted by molar-refractivity contribution is -0.160. The molecule has 0 aliphatic carbocycles. The minimum atomic E-state index is -0.512. The third-order valence-corrected chi connectivity index (χ3v) is 2.45. The summed E-state index contributed by atoms with van der Waals surface area (Å²) in [4.78, 5) is 11.9. The van der Waals surface area contributed by atoms with Gasteiger partial charge in [-0.15, -0.1) is 0 Å². The summed E-state index contributed by atoms with van der Waals surface area (Å²) in [6.45, 7) is 7.34. The van der Waals surface area contributed by atoms with Crippen LogP contribution in [0.25, 0.3) is 0 Å². The second-order valence-corrected chi connectivity index (χ2v) is 5.35. The Morgan fingerprint density at radius 1 is 1.24 bits per heavy atom. The molecule has 0 radical (unpaired) electrons. The summed E-state index contributed by atoms with van der Waals surface area (Å²) in [5, 5.41) is 0.